The van der Waals surface area contributed by atoms with Crippen LogP contribution in [0.3, 0.4) is 0 Å². The van der Waals surface area contributed by atoms with E-state index in [0.717, 1.165) is 35.4 Å². The maximum atomic E-state index is 13.4. The average molecular weight is 380 g/mol. The highest BCUT2D eigenvalue weighted by atomic mass is 16.5. The minimum absolute atomic E-state index is 0.103. The number of H-pyrrole nitrogens is 2. The number of esters is 1. The number of rotatable bonds is 4. The predicted molar refractivity (Wildman–Crippen MR) is 105 cm³/mol. The van der Waals surface area contributed by atoms with Crippen molar-refractivity contribution in [1.29, 1.82) is 0 Å². The van der Waals surface area contributed by atoms with Gasteiger partial charge in [0, 0.05) is 12.2 Å². The Morgan fingerprint density at radius 3 is 2.79 bits per heavy atom. The molecule has 2 aromatic heterocycles. The van der Waals surface area contributed by atoms with Crippen LogP contribution in [0.2, 0.25) is 0 Å². The molecule has 7 heteroatoms. The normalized spacial score (nSPS) is 16.7. The van der Waals surface area contributed by atoms with Gasteiger partial charge in [-0.05, 0) is 43.9 Å². The number of fused-ring (bicyclic) bond motifs is 1. The number of nitrogens with zero attached hydrogens (tertiary/aromatic N) is 2. The Morgan fingerprint density at radius 2 is 2.07 bits per heavy atom. The van der Waals surface area contributed by atoms with E-state index in [1.165, 1.54) is 7.11 Å². The molecule has 1 aliphatic rings. The maximum Gasteiger partial charge on any atom is 0.339 e. The van der Waals surface area contributed by atoms with Gasteiger partial charge >= 0.3 is 5.97 Å². The smallest absolute Gasteiger partial charge is 0.339 e. The second-order valence-corrected chi connectivity index (χ2v) is 7.12. The topological polar surface area (TPSA) is 91.1 Å². The fourth-order valence-electron chi connectivity index (χ4n) is 4.08. The first kappa shape index (κ1) is 18.3. The van der Waals surface area contributed by atoms with E-state index in [1.807, 2.05) is 36.1 Å². The Morgan fingerprint density at radius 1 is 1.29 bits per heavy atom. The van der Waals surface area contributed by atoms with Crippen molar-refractivity contribution in [3.8, 4) is 0 Å². The lowest BCUT2D eigenvalue weighted by Crippen LogP contribution is -2.31. The highest BCUT2D eigenvalue weighted by Crippen LogP contribution is 2.33. The number of hydrogen-bond acceptors (Lipinski definition) is 4. The quantitative estimate of drug-likeness (QED) is 0.678. The summed E-state index contributed by atoms with van der Waals surface area (Å²) in [6, 6.07) is 7.76. The summed E-state index contributed by atoms with van der Waals surface area (Å²) >= 11 is 0. The van der Waals surface area contributed by atoms with Crippen LogP contribution < -0.4 is 0 Å². The van der Waals surface area contributed by atoms with Gasteiger partial charge in [-0.25, -0.2) is 9.78 Å². The zero-order valence-electron chi connectivity index (χ0n) is 16.3. The fourth-order valence-corrected chi connectivity index (χ4v) is 4.08. The molecule has 0 saturated carbocycles. The van der Waals surface area contributed by atoms with Crippen LogP contribution in [0.1, 0.15) is 63.7 Å². The largest absolute Gasteiger partial charge is 0.465 e. The molecule has 3 heterocycles. The molecule has 146 valence electrons. The van der Waals surface area contributed by atoms with Crippen molar-refractivity contribution in [3.05, 3.63) is 52.6 Å². The Labute approximate surface area is 163 Å². The third-order valence-electron chi connectivity index (χ3n) is 5.52. The van der Waals surface area contributed by atoms with Crippen molar-refractivity contribution in [2.75, 3.05) is 13.7 Å². The average Bonchev–Trinajstić information content (AvgIpc) is 3.42. The molecular formula is C21H24N4O3. The van der Waals surface area contributed by atoms with E-state index >= 15 is 0 Å². The summed E-state index contributed by atoms with van der Waals surface area (Å²) in [4.78, 5) is 38.6. The fraction of sp³-hybridized carbons (Fsp3) is 0.381. The number of amides is 1. The van der Waals surface area contributed by atoms with E-state index in [-0.39, 0.29) is 11.9 Å². The minimum atomic E-state index is -0.417. The molecule has 2 N–H and O–H groups in total. The summed E-state index contributed by atoms with van der Waals surface area (Å²) in [5.74, 6) is 0.283. The number of carbonyl (C=O) groups excluding carboxylic acids is 2. The van der Waals surface area contributed by atoms with Crippen molar-refractivity contribution in [1.82, 2.24) is 19.9 Å². The van der Waals surface area contributed by atoms with Crippen molar-refractivity contribution in [2.24, 2.45) is 0 Å². The van der Waals surface area contributed by atoms with Crippen LogP contribution in [0.15, 0.2) is 24.3 Å². The molecule has 4 rings (SSSR count). The number of benzene rings is 1. The molecule has 1 aliphatic heterocycles. The molecule has 0 aliphatic carbocycles. The molecule has 3 aromatic rings. The third kappa shape index (κ3) is 2.87. The monoisotopic (exact) mass is 380 g/mol. The molecule has 0 unspecified atom stereocenters. The number of aromatic amines is 2. The number of ether oxygens (including phenoxy) is 1. The van der Waals surface area contributed by atoms with E-state index in [2.05, 4.69) is 9.97 Å². The summed E-state index contributed by atoms with van der Waals surface area (Å²) in [6.07, 6.45) is 2.39. The molecule has 0 bridgehead atoms. The van der Waals surface area contributed by atoms with Crippen LogP contribution >= 0.6 is 0 Å². The summed E-state index contributed by atoms with van der Waals surface area (Å²) in [5, 5.41) is 0. The van der Waals surface area contributed by atoms with Gasteiger partial charge in [-0.2, -0.15) is 0 Å². The van der Waals surface area contributed by atoms with Crippen molar-refractivity contribution in [3.63, 3.8) is 0 Å². The van der Waals surface area contributed by atoms with Gasteiger partial charge in [0.05, 0.1) is 29.7 Å². The van der Waals surface area contributed by atoms with Gasteiger partial charge in [-0.15, -0.1) is 0 Å². The van der Waals surface area contributed by atoms with Gasteiger partial charge in [0.2, 0.25) is 0 Å². The van der Waals surface area contributed by atoms with Crippen molar-refractivity contribution < 1.29 is 14.3 Å². The second-order valence-electron chi connectivity index (χ2n) is 7.12. The molecule has 7 nitrogen and oxygen atoms in total. The van der Waals surface area contributed by atoms with E-state index < -0.39 is 5.97 Å². The molecule has 28 heavy (non-hydrogen) atoms. The predicted octanol–water partition coefficient (Wildman–Crippen LogP) is 3.53. The Hall–Kier alpha value is -3.09. The molecule has 0 radical (unpaired) electrons. The van der Waals surface area contributed by atoms with E-state index in [9.17, 15) is 9.59 Å². The SMILES string of the molecule is CCc1[nH]c(C(=O)N2CCC[C@H]2c2nc3ccccc3[nH]2)c(C)c1C(=O)OC. The lowest BCUT2D eigenvalue weighted by atomic mass is 10.1. The van der Waals surface area contributed by atoms with Crippen LogP contribution in [-0.4, -0.2) is 45.4 Å². The minimum Gasteiger partial charge on any atom is -0.465 e. The number of carbonyl (C=O) groups is 2. The summed E-state index contributed by atoms with van der Waals surface area (Å²) in [7, 11) is 1.35. The molecule has 1 aromatic carbocycles. The summed E-state index contributed by atoms with van der Waals surface area (Å²) in [5.41, 5.74) is 4.16. The second kappa shape index (κ2) is 7.14. The first-order chi connectivity index (χ1) is 13.5. The molecule has 0 spiro atoms. The number of aromatic nitrogens is 3. The van der Waals surface area contributed by atoms with E-state index in [4.69, 9.17) is 9.72 Å². The van der Waals surface area contributed by atoms with Gasteiger partial charge in [0.15, 0.2) is 0 Å². The van der Waals surface area contributed by atoms with E-state index in [0.29, 0.717) is 29.8 Å². The third-order valence-corrected chi connectivity index (χ3v) is 5.52. The highest BCUT2D eigenvalue weighted by Gasteiger charge is 2.35. The van der Waals surface area contributed by atoms with E-state index in [1.54, 1.807) is 6.92 Å². The van der Waals surface area contributed by atoms with Crippen molar-refractivity contribution in [2.45, 2.75) is 39.2 Å². The van der Waals surface area contributed by atoms with Crippen LogP contribution in [0.5, 0.6) is 0 Å². The van der Waals surface area contributed by atoms with Gasteiger partial charge in [0.1, 0.15) is 11.5 Å². The van der Waals surface area contributed by atoms with Gasteiger partial charge in [-0.3, -0.25) is 4.79 Å². The Balaban J connectivity index is 1.69. The van der Waals surface area contributed by atoms with Crippen LogP contribution in [0.4, 0.5) is 0 Å². The molecular weight excluding hydrogens is 356 g/mol. The first-order valence-electron chi connectivity index (χ1n) is 9.60. The number of methoxy groups -OCH3 is 1. The number of hydrogen-bond donors (Lipinski definition) is 2. The van der Waals surface area contributed by atoms with Crippen LogP contribution in [0.25, 0.3) is 11.0 Å². The molecule has 1 saturated heterocycles. The van der Waals surface area contributed by atoms with Gasteiger partial charge < -0.3 is 19.6 Å². The number of aryl methyl sites for hydroxylation is 1. The maximum absolute atomic E-state index is 13.4. The lowest BCUT2D eigenvalue weighted by Gasteiger charge is -2.23. The Bertz CT molecular complexity index is 1020. The number of para-hydroxylation sites is 2. The first-order valence-corrected chi connectivity index (χ1v) is 9.60. The lowest BCUT2D eigenvalue weighted by molar-refractivity contribution is 0.0599. The molecule has 1 atom stereocenters. The zero-order chi connectivity index (χ0) is 19.8. The number of imidazole rings is 1. The standard InChI is InChI=1S/C21H24N4O3/c1-4-13-17(21(27)28-3)12(2)18(22-13)20(26)25-11-7-10-16(25)19-23-14-8-5-6-9-15(14)24-19/h5-6,8-9,16,22H,4,7,10-11H2,1-3H3,(H,23,24)/t16-/m0/s1. The summed E-state index contributed by atoms with van der Waals surface area (Å²) < 4.78 is 4.90. The Kier molecular flexibility index (Phi) is 4.66. The van der Waals surface area contributed by atoms with Crippen molar-refractivity contribution >= 4 is 22.9 Å². The van der Waals surface area contributed by atoms with Gasteiger partial charge in [-0.1, -0.05) is 19.1 Å². The number of likely N-dealkylation sites (tertiary alicyclic amines) is 1. The summed E-state index contributed by atoms with van der Waals surface area (Å²) in [6.45, 7) is 4.40. The van der Waals surface area contributed by atoms with Crippen LogP contribution in [-0.2, 0) is 11.2 Å². The molecule has 1 amide bonds. The molecule has 1 fully saturated rings. The van der Waals surface area contributed by atoms with Crippen LogP contribution in [0, 0.1) is 6.92 Å². The zero-order valence-corrected chi connectivity index (χ0v) is 16.3. The van der Waals surface area contributed by atoms with Gasteiger partial charge in [0.25, 0.3) is 5.91 Å². The highest BCUT2D eigenvalue weighted by molar-refractivity contribution is 6.00. The number of nitrogens with one attached hydrogen (secondary N) is 2.